The summed E-state index contributed by atoms with van der Waals surface area (Å²) in [7, 11) is 0. The van der Waals surface area contributed by atoms with Gasteiger partial charge in [0.1, 0.15) is 5.54 Å². The van der Waals surface area contributed by atoms with E-state index in [9.17, 15) is 9.90 Å². The number of carboxylic acids is 1. The van der Waals surface area contributed by atoms with Crippen molar-refractivity contribution in [2.24, 2.45) is 17.0 Å². The van der Waals surface area contributed by atoms with Crippen molar-refractivity contribution in [3.63, 3.8) is 0 Å². The number of aliphatic carboxylic acids is 1. The molecule has 1 saturated carbocycles. The fourth-order valence-corrected chi connectivity index (χ4v) is 2.79. The molecule has 0 aliphatic heterocycles. The zero-order chi connectivity index (χ0) is 14.3. The summed E-state index contributed by atoms with van der Waals surface area (Å²) in [4.78, 5) is 14.2. The van der Waals surface area contributed by atoms with Crippen molar-refractivity contribution in [1.29, 1.82) is 0 Å². The van der Waals surface area contributed by atoms with Crippen LogP contribution in [0.1, 0.15) is 46.0 Å². The molecule has 0 atom stereocenters. The minimum absolute atomic E-state index is 0.411. The van der Waals surface area contributed by atoms with Crippen LogP contribution in [0.2, 0.25) is 0 Å². The molecule has 0 bridgehead atoms. The molecule has 108 valence electrons. The second kappa shape index (κ2) is 7.36. The molecule has 6 nitrogen and oxygen atoms in total. The van der Waals surface area contributed by atoms with E-state index in [0.717, 1.165) is 12.8 Å². The topological polar surface area (TPSA) is 98.1 Å². The normalized spacial score (nSPS) is 27.0. The van der Waals surface area contributed by atoms with Crippen LogP contribution in [0.5, 0.6) is 0 Å². The van der Waals surface area contributed by atoms with Crippen LogP contribution in [-0.2, 0) is 4.79 Å². The van der Waals surface area contributed by atoms with Crippen molar-refractivity contribution < 1.29 is 9.90 Å². The Balaban J connectivity index is 2.48. The second-order valence-electron chi connectivity index (χ2n) is 5.70. The quantitative estimate of drug-likeness (QED) is 0.321. The highest BCUT2D eigenvalue weighted by Crippen LogP contribution is 2.36. The highest BCUT2D eigenvalue weighted by atomic mass is 16.4. The average molecular weight is 268 g/mol. The van der Waals surface area contributed by atoms with Crippen molar-refractivity contribution in [1.82, 2.24) is 5.32 Å². The summed E-state index contributed by atoms with van der Waals surface area (Å²) in [6.07, 6.45) is 3.98. The fraction of sp³-hybridized carbons (Fsp3) is 0.923. The average Bonchev–Trinajstić information content (AvgIpc) is 2.38. The van der Waals surface area contributed by atoms with Gasteiger partial charge < -0.3 is 10.4 Å². The number of azide groups is 1. The van der Waals surface area contributed by atoms with Crippen LogP contribution < -0.4 is 5.32 Å². The van der Waals surface area contributed by atoms with Gasteiger partial charge in [0.05, 0.1) is 0 Å². The predicted octanol–water partition coefficient (Wildman–Crippen LogP) is 2.95. The van der Waals surface area contributed by atoms with Gasteiger partial charge in [0.15, 0.2) is 0 Å². The van der Waals surface area contributed by atoms with Crippen LogP contribution in [0, 0.1) is 11.8 Å². The van der Waals surface area contributed by atoms with Gasteiger partial charge in [-0.1, -0.05) is 19.0 Å². The van der Waals surface area contributed by atoms with Crippen LogP contribution in [-0.4, -0.2) is 29.7 Å². The summed E-state index contributed by atoms with van der Waals surface area (Å²) in [5, 5.41) is 16.1. The molecule has 0 unspecified atom stereocenters. The van der Waals surface area contributed by atoms with Gasteiger partial charge in [0.25, 0.3) is 0 Å². The van der Waals surface area contributed by atoms with Gasteiger partial charge in [-0.25, -0.2) is 0 Å². The number of hydrogen-bond donors (Lipinski definition) is 2. The van der Waals surface area contributed by atoms with E-state index in [4.69, 9.17) is 5.53 Å². The van der Waals surface area contributed by atoms with Gasteiger partial charge >= 0.3 is 5.97 Å². The standard InChI is InChI=1S/C13H24N4O2/c1-10(2)11-4-6-13(7-5-11,12(18)19)15-8-3-9-16-17-14/h10-11,15H,3-9H2,1-2H3,(H,18,19). The Morgan fingerprint density at radius 3 is 2.63 bits per heavy atom. The summed E-state index contributed by atoms with van der Waals surface area (Å²) in [5.74, 6) is 0.507. The number of hydrogen-bond acceptors (Lipinski definition) is 3. The molecular weight excluding hydrogens is 244 g/mol. The molecule has 0 aromatic heterocycles. The molecular formula is C13H24N4O2. The Morgan fingerprint density at radius 1 is 1.53 bits per heavy atom. The lowest BCUT2D eigenvalue weighted by molar-refractivity contribution is -0.147. The van der Waals surface area contributed by atoms with Crippen molar-refractivity contribution in [2.75, 3.05) is 13.1 Å². The highest BCUT2D eigenvalue weighted by molar-refractivity contribution is 5.78. The Hall–Kier alpha value is -1.26. The third kappa shape index (κ3) is 4.40. The van der Waals surface area contributed by atoms with E-state index in [1.165, 1.54) is 0 Å². The molecule has 0 radical (unpaired) electrons. The third-order valence-electron chi connectivity index (χ3n) is 4.20. The van der Waals surface area contributed by atoms with E-state index in [1.54, 1.807) is 0 Å². The molecule has 19 heavy (non-hydrogen) atoms. The van der Waals surface area contributed by atoms with Crippen molar-refractivity contribution >= 4 is 5.97 Å². The lowest BCUT2D eigenvalue weighted by Crippen LogP contribution is -2.54. The van der Waals surface area contributed by atoms with Crippen molar-refractivity contribution in [3.8, 4) is 0 Å². The lowest BCUT2D eigenvalue weighted by atomic mass is 9.73. The van der Waals surface area contributed by atoms with Gasteiger partial charge in [-0.05, 0) is 56.0 Å². The third-order valence-corrected chi connectivity index (χ3v) is 4.20. The van der Waals surface area contributed by atoms with Gasteiger partial charge in [0.2, 0.25) is 0 Å². The van der Waals surface area contributed by atoms with E-state index >= 15 is 0 Å². The van der Waals surface area contributed by atoms with E-state index in [1.807, 2.05) is 0 Å². The van der Waals surface area contributed by atoms with Gasteiger partial charge in [-0.2, -0.15) is 0 Å². The Morgan fingerprint density at radius 2 is 2.16 bits per heavy atom. The molecule has 1 aliphatic carbocycles. The number of carboxylic acid groups (broad SMARTS) is 1. The predicted molar refractivity (Wildman–Crippen MR) is 73.8 cm³/mol. The first-order valence-corrected chi connectivity index (χ1v) is 7.01. The Kier molecular flexibility index (Phi) is 6.12. The van der Waals surface area contributed by atoms with E-state index in [0.29, 0.717) is 44.2 Å². The summed E-state index contributed by atoms with van der Waals surface area (Å²) >= 11 is 0. The molecule has 1 aliphatic rings. The van der Waals surface area contributed by atoms with Gasteiger partial charge in [-0.3, -0.25) is 4.79 Å². The van der Waals surface area contributed by atoms with Gasteiger partial charge in [0, 0.05) is 11.5 Å². The zero-order valence-electron chi connectivity index (χ0n) is 11.8. The van der Waals surface area contributed by atoms with Crippen LogP contribution >= 0.6 is 0 Å². The molecule has 6 heteroatoms. The maximum atomic E-state index is 11.5. The molecule has 0 spiro atoms. The van der Waals surface area contributed by atoms with E-state index in [-0.39, 0.29) is 0 Å². The Bertz CT molecular complexity index is 343. The zero-order valence-corrected chi connectivity index (χ0v) is 11.8. The minimum Gasteiger partial charge on any atom is -0.480 e. The molecule has 2 N–H and O–H groups in total. The van der Waals surface area contributed by atoms with E-state index < -0.39 is 11.5 Å². The summed E-state index contributed by atoms with van der Waals surface area (Å²) in [6, 6.07) is 0. The molecule has 1 rings (SSSR count). The second-order valence-corrected chi connectivity index (χ2v) is 5.70. The highest BCUT2D eigenvalue weighted by Gasteiger charge is 2.41. The number of nitrogens with one attached hydrogen (secondary N) is 1. The SMILES string of the molecule is CC(C)C1CCC(NCCCN=[N+]=[N-])(C(=O)O)CC1. The minimum atomic E-state index is -0.776. The fourth-order valence-electron chi connectivity index (χ4n) is 2.79. The summed E-state index contributed by atoms with van der Waals surface area (Å²) in [5.41, 5.74) is 7.40. The number of carbonyl (C=O) groups is 1. The van der Waals surface area contributed by atoms with E-state index in [2.05, 4.69) is 29.2 Å². The maximum absolute atomic E-state index is 11.5. The molecule has 0 aromatic carbocycles. The first-order valence-electron chi connectivity index (χ1n) is 7.01. The van der Waals surface area contributed by atoms with Gasteiger partial charge in [-0.15, -0.1) is 0 Å². The van der Waals surface area contributed by atoms with Crippen LogP contribution in [0.3, 0.4) is 0 Å². The monoisotopic (exact) mass is 268 g/mol. The molecule has 0 saturated heterocycles. The maximum Gasteiger partial charge on any atom is 0.323 e. The lowest BCUT2D eigenvalue weighted by Gasteiger charge is -2.39. The first-order chi connectivity index (χ1) is 9.02. The first kappa shape index (κ1) is 15.8. The van der Waals surface area contributed by atoms with Crippen LogP contribution in [0.15, 0.2) is 5.11 Å². The number of nitrogens with zero attached hydrogens (tertiary/aromatic N) is 3. The van der Waals surface area contributed by atoms with Crippen molar-refractivity contribution in [3.05, 3.63) is 10.4 Å². The van der Waals surface area contributed by atoms with Crippen molar-refractivity contribution in [2.45, 2.75) is 51.5 Å². The Labute approximate surface area is 114 Å². The van der Waals surface area contributed by atoms with Crippen LogP contribution in [0.25, 0.3) is 10.4 Å². The van der Waals surface area contributed by atoms with Crippen LogP contribution in [0.4, 0.5) is 0 Å². The number of rotatable bonds is 7. The largest absolute Gasteiger partial charge is 0.480 e. The summed E-state index contributed by atoms with van der Waals surface area (Å²) in [6.45, 7) is 5.39. The molecule has 0 amide bonds. The summed E-state index contributed by atoms with van der Waals surface area (Å²) < 4.78 is 0. The smallest absolute Gasteiger partial charge is 0.323 e. The molecule has 0 aromatic rings. The molecule has 1 fully saturated rings. The molecule has 0 heterocycles.